The zero-order valence-corrected chi connectivity index (χ0v) is 17.2. The number of benzene rings is 1. The monoisotopic (exact) mass is 414 g/mol. The summed E-state index contributed by atoms with van der Waals surface area (Å²) in [6.45, 7) is 6.25. The number of nitrogens with zero attached hydrogens (tertiary/aromatic N) is 3. The molecule has 1 fully saturated rings. The molecule has 0 spiro atoms. The summed E-state index contributed by atoms with van der Waals surface area (Å²) < 4.78 is 1.16. The van der Waals surface area contributed by atoms with E-state index in [0.717, 1.165) is 41.4 Å². The van der Waals surface area contributed by atoms with Crippen LogP contribution in [-0.4, -0.2) is 22.6 Å². The fourth-order valence-electron chi connectivity index (χ4n) is 3.94. The Hall–Kier alpha value is -1.62. The molecule has 0 bridgehead atoms. The standard InChI is InChI=1S/C21H27BrN4/c1-14(2)21-24-19(23-18-5-3-4-6-18)12-20(25-21)26-10-9-15-11-17(22)8-7-16(15)13-26/h7-8,11-12,14,18H,3-6,9-10,13H2,1-2H3,(H,23,24,25). The molecule has 0 atom stereocenters. The smallest absolute Gasteiger partial charge is 0.135 e. The van der Waals surface area contributed by atoms with E-state index in [-0.39, 0.29) is 0 Å². The third-order valence-electron chi connectivity index (χ3n) is 5.46. The van der Waals surface area contributed by atoms with E-state index in [9.17, 15) is 0 Å². The van der Waals surface area contributed by atoms with Gasteiger partial charge < -0.3 is 10.2 Å². The Labute approximate surface area is 164 Å². The number of hydrogen-bond acceptors (Lipinski definition) is 4. The molecular formula is C21H27BrN4. The van der Waals surface area contributed by atoms with Crippen molar-refractivity contribution in [2.45, 2.75) is 64.5 Å². The van der Waals surface area contributed by atoms with E-state index in [0.29, 0.717) is 12.0 Å². The maximum Gasteiger partial charge on any atom is 0.135 e. The van der Waals surface area contributed by atoms with Crippen LogP contribution < -0.4 is 10.2 Å². The fraction of sp³-hybridized carbons (Fsp3) is 0.524. The van der Waals surface area contributed by atoms with Crippen molar-refractivity contribution in [1.29, 1.82) is 0 Å². The molecule has 0 amide bonds. The lowest BCUT2D eigenvalue weighted by molar-refractivity contribution is 0.697. The normalized spacial score (nSPS) is 17.6. The van der Waals surface area contributed by atoms with Gasteiger partial charge in [0.15, 0.2) is 0 Å². The molecule has 2 aliphatic rings. The second-order valence-corrected chi connectivity index (χ2v) is 8.75. The number of hydrogen-bond donors (Lipinski definition) is 1. The fourth-order valence-corrected chi connectivity index (χ4v) is 4.35. The number of rotatable bonds is 4. The summed E-state index contributed by atoms with van der Waals surface area (Å²) >= 11 is 3.58. The maximum atomic E-state index is 4.89. The summed E-state index contributed by atoms with van der Waals surface area (Å²) in [6.07, 6.45) is 6.21. The van der Waals surface area contributed by atoms with Crippen molar-refractivity contribution in [3.05, 3.63) is 45.7 Å². The molecule has 1 aliphatic carbocycles. The largest absolute Gasteiger partial charge is 0.367 e. The van der Waals surface area contributed by atoms with Crippen LogP contribution in [0.15, 0.2) is 28.7 Å². The Morgan fingerprint density at radius 1 is 1.12 bits per heavy atom. The van der Waals surface area contributed by atoms with Crippen LogP contribution in [0.2, 0.25) is 0 Å². The van der Waals surface area contributed by atoms with E-state index in [1.165, 1.54) is 36.8 Å². The first-order chi connectivity index (χ1) is 12.6. The van der Waals surface area contributed by atoms with Crippen LogP contribution in [0.3, 0.4) is 0 Å². The molecule has 2 aromatic rings. The lowest BCUT2D eigenvalue weighted by Gasteiger charge is -2.30. The summed E-state index contributed by atoms with van der Waals surface area (Å²) in [7, 11) is 0. The molecule has 0 unspecified atom stereocenters. The Balaban J connectivity index is 1.60. The molecule has 4 nitrogen and oxygen atoms in total. The minimum absolute atomic E-state index is 0.326. The SMILES string of the molecule is CC(C)c1nc(NC2CCCC2)cc(N2CCc3cc(Br)ccc3C2)n1. The van der Waals surface area contributed by atoms with Crippen LogP contribution in [0.1, 0.15) is 62.4 Å². The molecule has 0 radical (unpaired) electrons. The molecule has 5 heteroatoms. The second-order valence-electron chi connectivity index (χ2n) is 7.83. The van der Waals surface area contributed by atoms with Crippen molar-refractivity contribution in [2.24, 2.45) is 0 Å². The zero-order chi connectivity index (χ0) is 18.1. The van der Waals surface area contributed by atoms with Gasteiger partial charge in [0.1, 0.15) is 17.5 Å². The van der Waals surface area contributed by atoms with Crippen LogP contribution in [-0.2, 0) is 13.0 Å². The third-order valence-corrected chi connectivity index (χ3v) is 5.95. The molecule has 1 aromatic heterocycles. The number of aromatic nitrogens is 2. The molecule has 0 saturated heterocycles. The van der Waals surface area contributed by atoms with E-state index in [4.69, 9.17) is 9.97 Å². The predicted molar refractivity (Wildman–Crippen MR) is 111 cm³/mol. The summed E-state index contributed by atoms with van der Waals surface area (Å²) in [5, 5.41) is 3.66. The molecule has 1 aromatic carbocycles. The van der Waals surface area contributed by atoms with Gasteiger partial charge in [-0.3, -0.25) is 0 Å². The lowest BCUT2D eigenvalue weighted by Crippen LogP contribution is -2.31. The van der Waals surface area contributed by atoms with Gasteiger partial charge in [0.05, 0.1) is 0 Å². The number of nitrogens with one attached hydrogen (secondary N) is 1. The zero-order valence-electron chi connectivity index (χ0n) is 15.6. The highest BCUT2D eigenvalue weighted by Crippen LogP contribution is 2.29. The van der Waals surface area contributed by atoms with Crippen molar-refractivity contribution in [2.75, 3.05) is 16.8 Å². The Morgan fingerprint density at radius 3 is 2.69 bits per heavy atom. The lowest BCUT2D eigenvalue weighted by atomic mass is 10.00. The topological polar surface area (TPSA) is 41.1 Å². The van der Waals surface area contributed by atoms with Gasteiger partial charge in [0.2, 0.25) is 0 Å². The van der Waals surface area contributed by atoms with Gasteiger partial charge in [-0.25, -0.2) is 9.97 Å². The molecule has 2 heterocycles. The van der Waals surface area contributed by atoms with Crippen LogP contribution in [0.25, 0.3) is 0 Å². The quantitative estimate of drug-likeness (QED) is 0.738. The summed E-state index contributed by atoms with van der Waals surface area (Å²) in [5.74, 6) is 3.31. The average Bonchev–Trinajstić information content (AvgIpc) is 3.14. The van der Waals surface area contributed by atoms with E-state index in [1.54, 1.807) is 0 Å². The first-order valence-electron chi connectivity index (χ1n) is 9.76. The highest BCUT2D eigenvalue weighted by atomic mass is 79.9. The first kappa shape index (κ1) is 17.8. The molecule has 1 saturated carbocycles. The molecule has 4 rings (SSSR count). The number of anilines is 2. The molecule has 1 N–H and O–H groups in total. The van der Waals surface area contributed by atoms with E-state index in [2.05, 4.69) is 64.3 Å². The van der Waals surface area contributed by atoms with Crippen molar-refractivity contribution in [3.8, 4) is 0 Å². The van der Waals surface area contributed by atoms with Crippen molar-refractivity contribution < 1.29 is 0 Å². The van der Waals surface area contributed by atoms with Gasteiger partial charge in [0.25, 0.3) is 0 Å². The highest BCUT2D eigenvalue weighted by Gasteiger charge is 2.21. The van der Waals surface area contributed by atoms with E-state index in [1.807, 2.05) is 0 Å². The van der Waals surface area contributed by atoms with Gasteiger partial charge in [-0.05, 0) is 42.5 Å². The third kappa shape index (κ3) is 3.88. The van der Waals surface area contributed by atoms with Gasteiger partial charge in [0, 0.05) is 35.6 Å². The number of fused-ring (bicyclic) bond motifs is 1. The Morgan fingerprint density at radius 2 is 1.92 bits per heavy atom. The van der Waals surface area contributed by atoms with Crippen LogP contribution in [0, 0.1) is 0 Å². The van der Waals surface area contributed by atoms with E-state index < -0.39 is 0 Å². The molecule has 26 heavy (non-hydrogen) atoms. The summed E-state index contributed by atoms with van der Waals surface area (Å²) in [5.41, 5.74) is 2.84. The Bertz CT molecular complexity index is 784. The minimum Gasteiger partial charge on any atom is -0.367 e. The Kier molecular flexibility index (Phi) is 5.16. The van der Waals surface area contributed by atoms with Crippen LogP contribution >= 0.6 is 15.9 Å². The van der Waals surface area contributed by atoms with Crippen molar-refractivity contribution in [3.63, 3.8) is 0 Å². The molecule has 1 aliphatic heterocycles. The van der Waals surface area contributed by atoms with Crippen LogP contribution in [0.4, 0.5) is 11.6 Å². The summed E-state index contributed by atoms with van der Waals surface area (Å²) in [4.78, 5) is 12.1. The maximum absolute atomic E-state index is 4.89. The predicted octanol–water partition coefficient (Wildman–Crippen LogP) is 5.28. The van der Waals surface area contributed by atoms with Crippen molar-refractivity contribution in [1.82, 2.24) is 9.97 Å². The van der Waals surface area contributed by atoms with Gasteiger partial charge in [-0.1, -0.05) is 48.7 Å². The van der Waals surface area contributed by atoms with Crippen LogP contribution in [0.5, 0.6) is 0 Å². The highest BCUT2D eigenvalue weighted by molar-refractivity contribution is 9.10. The average molecular weight is 415 g/mol. The molecular weight excluding hydrogens is 388 g/mol. The minimum atomic E-state index is 0.326. The summed E-state index contributed by atoms with van der Waals surface area (Å²) in [6, 6.07) is 9.33. The van der Waals surface area contributed by atoms with Crippen molar-refractivity contribution >= 4 is 27.6 Å². The molecule has 138 valence electrons. The van der Waals surface area contributed by atoms with E-state index >= 15 is 0 Å². The number of halogens is 1. The second kappa shape index (κ2) is 7.55. The first-order valence-corrected chi connectivity index (χ1v) is 10.6. The van der Waals surface area contributed by atoms with Gasteiger partial charge >= 0.3 is 0 Å². The van der Waals surface area contributed by atoms with Gasteiger partial charge in [-0.2, -0.15) is 0 Å². The van der Waals surface area contributed by atoms with Gasteiger partial charge in [-0.15, -0.1) is 0 Å².